The summed E-state index contributed by atoms with van der Waals surface area (Å²) < 4.78 is 11.3. The first-order chi connectivity index (χ1) is 16.4. The molecule has 8 heteroatoms. The predicted molar refractivity (Wildman–Crippen MR) is 129 cm³/mol. The summed E-state index contributed by atoms with van der Waals surface area (Å²) >= 11 is 0. The number of ether oxygens (including phenoxy) is 2. The topological polar surface area (TPSA) is 114 Å². The van der Waals surface area contributed by atoms with Crippen molar-refractivity contribution in [3.05, 3.63) is 92.8 Å². The minimum Gasteiger partial charge on any atom is -0.493 e. The number of nitrogens with one attached hydrogen (secondary N) is 1. The van der Waals surface area contributed by atoms with Gasteiger partial charge in [0.2, 0.25) is 0 Å². The third-order valence-electron chi connectivity index (χ3n) is 5.51. The average Bonchev–Trinajstić information content (AvgIpc) is 3.24. The molecule has 34 heavy (non-hydrogen) atoms. The van der Waals surface area contributed by atoms with Crippen LogP contribution in [-0.2, 0) is 6.61 Å². The van der Waals surface area contributed by atoms with Gasteiger partial charge < -0.3 is 14.5 Å². The van der Waals surface area contributed by atoms with Crippen LogP contribution in [0.5, 0.6) is 11.5 Å². The summed E-state index contributed by atoms with van der Waals surface area (Å²) in [4.78, 5) is 18.2. The van der Waals surface area contributed by atoms with Crippen molar-refractivity contribution in [1.82, 2.24) is 9.97 Å². The number of nitro benzene ring substituents is 1. The number of aromatic amines is 1. The van der Waals surface area contributed by atoms with Crippen molar-refractivity contribution < 1.29 is 14.4 Å². The van der Waals surface area contributed by atoms with Gasteiger partial charge in [0.05, 0.1) is 28.6 Å². The second kappa shape index (κ2) is 9.46. The Bertz CT molecular complexity index is 1410. The first-order valence-electron chi connectivity index (χ1n) is 10.5. The van der Waals surface area contributed by atoms with Gasteiger partial charge in [0.1, 0.15) is 18.5 Å². The Balaban J connectivity index is 1.56. The lowest BCUT2D eigenvalue weighted by atomic mass is 10.1. The number of non-ortho nitro benzene ring substituents is 1. The van der Waals surface area contributed by atoms with E-state index in [-0.39, 0.29) is 12.3 Å². The van der Waals surface area contributed by atoms with Crippen molar-refractivity contribution in [2.45, 2.75) is 20.5 Å². The predicted octanol–water partition coefficient (Wildman–Crippen LogP) is 5.74. The van der Waals surface area contributed by atoms with Crippen LogP contribution in [0.3, 0.4) is 0 Å². The number of H-pyrrole nitrogens is 1. The van der Waals surface area contributed by atoms with Gasteiger partial charge in [0.15, 0.2) is 11.5 Å². The van der Waals surface area contributed by atoms with Crippen LogP contribution in [0.1, 0.15) is 28.1 Å². The molecule has 0 bridgehead atoms. The van der Waals surface area contributed by atoms with E-state index in [1.807, 2.05) is 32.0 Å². The monoisotopic (exact) mass is 454 g/mol. The quantitative estimate of drug-likeness (QED) is 0.216. The molecule has 1 N–H and O–H groups in total. The van der Waals surface area contributed by atoms with Crippen molar-refractivity contribution in [1.29, 1.82) is 5.26 Å². The number of aryl methyl sites for hydroxylation is 2. The van der Waals surface area contributed by atoms with Gasteiger partial charge in [-0.15, -0.1) is 0 Å². The third kappa shape index (κ3) is 4.74. The van der Waals surface area contributed by atoms with Gasteiger partial charge in [-0.1, -0.05) is 6.07 Å². The summed E-state index contributed by atoms with van der Waals surface area (Å²) in [6, 6.07) is 17.8. The highest BCUT2D eigenvalue weighted by molar-refractivity contribution is 5.90. The molecule has 0 amide bonds. The van der Waals surface area contributed by atoms with Crippen LogP contribution in [0.2, 0.25) is 0 Å². The lowest BCUT2D eigenvalue weighted by Gasteiger charge is -2.11. The molecule has 0 aliphatic rings. The number of aromatic nitrogens is 2. The molecular weight excluding hydrogens is 432 g/mol. The standard InChI is InChI=1S/C26H22N4O4/c1-16-10-22-23(11-17(16)2)29-26(28-22)20(14-27)12-19-6-9-24(25(13-19)33-3)34-15-18-4-7-21(8-5-18)30(31)32/h4-13H,15H2,1-3H3,(H,28,29). The Kier molecular flexibility index (Phi) is 6.28. The van der Waals surface area contributed by atoms with Gasteiger partial charge in [0.25, 0.3) is 5.69 Å². The highest BCUT2D eigenvalue weighted by Crippen LogP contribution is 2.31. The number of benzene rings is 3. The highest BCUT2D eigenvalue weighted by Gasteiger charge is 2.11. The Morgan fingerprint density at radius 2 is 1.85 bits per heavy atom. The summed E-state index contributed by atoms with van der Waals surface area (Å²) in [5, 5.41) is 20.5. The smallest absolute Gasteiger partial charge is 0.269 e. The summed E-state index contributed by atoms with van der Waals surface area (Å²) in [7, 11) is 1.54. The molecule has 0 spiro atoms. The first-order valence-corrected chi connectivity index (χ1v) is 10.5. The van der Waals surface area contributed by atoms with Crippen molar-refractivity contribution in [3.8, 4) is 17.6 Å². The molecule has 4 rings (SSSR count). The minimum absolute atomic E-state index is 0.0282. The van der Waals surface area contributed by atoms with Gasteiger partial charge >= 0.3 is 0 Å². The fourth-order valence-corrected chi connectivity index (χ4v) is 3.49. The molecule has 4 aromatic rings. The summed E-state index contributed by atoms with van der Waals surface area (Å²) in [6.45, 7) is 4.29. The number of nitriles is 1. The van der Waals surface area contributed by atoms with Crippen molar-refractivity contribution in [3.63, 3.8) is 0 Å². The zero-order valence-corrected chi connectivity index (χ0v) is 19.0. The largest absolute Gasteiger partial charge is 0.493 e. The highest BCUT2D eigenvalue weighted by atomic mass is 16.6. The Labute approximate surface area is 196 Å². The first kappa shape index (κ1) is 22.6. The van der Waals surface area contributed by atoms with E-state index in [0.717, 1.165) is 33.3 Å². The Morgan fingerprint density at radius 3 is 2.53 bits per heavy atom. The number of nitrogens with zero attached hydrogens (tertiary/aromatic N) is 3. The maximum Gasteiger partial charge on any atom is 0.269 e. The van der Waals surface area contributed by atoms with Crippen molar-refractivity contribution >= 4 is 28.4 Å². The van der Waals surface area contributed by atoms with E-state index >= 15 is 0 Å². The molecule has 3 aromatic carbocycles. The van der Waals surface area contributed by atoms with Crippen LogP contribution in [-0.4, -0.2) is 22.0 Å². The van der Waals surface area contributed by atoms with Crippen LogP contribution in [0.25, 0.3) is 22.7 Å². The van der Waals surface area contributed by atoms with E-state index in [2.05, 4.69) is 16.0 Å². The van der Waals surface area contributed by atoms with Crippen molar-refractivity contribution in [2.75, 3.05) is 7.11 Å². The Hall–Kier alpha value is -4.64. The number of allylic oxidation sites excluding steroid dienone is 1. The lowest BCUT2D eigenvalue weighted by molar-refractivity contribution is -0.384. The number of fused-ring (bicyclic) bond motifs is 1. The van der Waals surface area contributed by atoms with E-state index < -0.39 is 4.92 Å². The fraction of sp³-hybridized carbons (Fsp3) is 0.154. The number of hydrogen-bond donors (Lipinski definition) is 1. The van der Waals surface area contributed by atoms with Crippen LogP contribution in [0, 0.1) is 35.3 Å². The number of nitro groups is 1. The SMILES string of the molecule is COc1cc(C=C(C#N)c2nc3cc(C)c(C)cc3[nH]2)ccc1OCc1ccc([N+](=O)[O-])cc1. The molecule has 0 atom stereocenters. The van der Waals surface area contributed by atoms with Gasteiger partial charge in [-0.2, -0.15) is 5.26 Å². The summed E-state index contributed by atoms with van der Waals surface area (Å²) in [5.41, 5.74) is 5.95. The molecule has 0 radical (unpaired) electrons. The van der Waals surface area contributed by atoms with Gasteiger partial charge in [-0.05, 0) is 78.6 Å². The van der Waals surface area contributed by atoms with Crippen LogP contribution in [0.15, 0.2) is 54.6 Å². The molecule has 0 aliphatic heterocycles. The molecule has 0 saturated carbocycles. The van der Waals surface area contributed by atoms with Gasteiger partial charge in [0, 0.05) is 12.1 Å². The maximum absolute atomic E-state index is 10.8. The van der Waals surface area contributed by atoms with E-state index in [9.17, 15) is 15.4 Å². The number of rotatable bonds is 7. The third-order valence-corrected chi connectivity index (χ3v) is 5.51. The zero-order valence-electron chi connectivity index (χ0n) is 19.0. The summed E-state index contributed by atoms with van der Waals surface area (Å²) in [5.74, 6) is 1.52. The second-order valence-electron chi connectivity index (χ2n) is 7.83. The molecule has 0 fully saturated rings. The molecule has 0 aliphatic carbocycles. The van der Waals surface area contributed by atoms with E-state index in [1.165, 1.54) is 19.2 Å². The second-order valence-corrected chi connectivity index (χ2v) is 7.83. The molecule has 0 unspecified atom stereocenters. The molecule has 8 nitrogen and oxygen atoms in total. The van der Waals surface area contributed by atoms with E-state index in [1.54, 1.807) is 30.3 Å². The average molecular weight is 454 g/mol. The number of methoxy groups -OCH3 is 1. The number of imidazole rings is 1. The van der Waals surface area contributed by atoms with E-state index in [0.29, 0.717) is 22.9 Å². The molecule has 0 saturated heterocycles. The van der Waals surface area contributed by atoms with Crippen LogP contribution >= 0.6 is 0 Å². The molecular formula is C26H22N4O4. The minimum atomic E-state index is -0.442. The van der Waals surface area contributed by atoms with Crippen LogP contribution in [0.4, 0.5) is 5.69 Å². The molecule has 1 aromatic heterocycles. The summed E-state index contributed by atoms with van der Waals surface area (Å²) in [6.07, 6.45) is 1.74. The van der Waals surface area contributed by atoms with Gasteiger partial charge in [-0.3, -0.25) is 10.1 Å². The zero-order chi connectivity index (χ0) is 24.2. The normalized spacial score (nSPS) is 11.3. The maximum atomic E-state index is 10.8. The number of hydrogen-bond acceptors (Lipinski definition) is 6. The van der Waals surface area contributed by atoms with Crippen molar-refractivity contribution in [2.24, 2.45) is 0 Å². The Morgan fingerprint density at radius 1 is 1.12 bits per heavy atom. The molecule has 1 heterocycles. The van der Waals surface area contributed by atoms with Gasteiger partial charge in [-0.25, -0.2) is 4.98 Å². The molecule has 170 valence electrons. The van der Waals surface area contributed by atoms with Crippen LogP contribution < -0.4 is 9.47 Å². The lowest BCUT2D eigenvalue weighted by Crippen LogP contribution is -1.98. The fourth-order valence-electron chi connectivity index (χ4n) is 3.49. The van der Waals surface area contributed by atoms with E-state index in [4.69, 9.17) is 9.47 Å².